The van der Waals surface area contributed by atoms with Crippen LogP contribution in [-0.4, -0.2) is 51.0 Å². The zero-order chi connectivity index (χ0) is 20.2. The van der Waals surface area contributed by atoms with E-state index in [4.69, 9.17) is 0 Å². The summed E-state index contributed by atoms with van der Waals surface area (Å²) in [6, 6.07) is 16.2. The van der Waals surface area contributed by atoms with Crippen molar-refractivity contribution in [3.8, 4) is 11.3 Å². The summed E-state index contributed by atoms with van der Waals surface area (Å²) in [5, 5.41) is 12.4. The first-order chi connectivity index (χ1) is 14.1. The maximum absolute atomic E-state index is 12.7. The van der Waals surface area contributed by atoms with Crippen LogP contribution >= 0.6 is 0 Å². The predicted molar refractivity (Wildman–Crippen MR) is 108 cm³/mol. The van der Waals surface area contributed by atoms with Crippen LogP contribution < -0.4 is 5.32 Å². The summed E-state index contributed by atoms with van der Waals surface area (Å²) >= 11 is 0. The van der Waals surface area contributed by atoms with Crippen LogP contribution in [0.15, 0.2) is 67.0 Å². The highest BCUT2D eigenvalue weighted by Crippen LogP contribution is 2.21. The molecule has 2 heterocycles. The number of hydrogen-bond donors (Lipinski definition) is 2. The molecule has 1 aromatic heterocycles. The molecule has 0 radical (unpaired) electrons. The topological polar surface area (TPSA) is 95.4 Å². The number of benzene rings is 2. The van der Waals surface area contributed by atoms with Gasteiger partial charge in [0.2, 0.25) is 0 Å². The average molecular weight is 388 g/mol. The van der Waals surface area contributed by atoms with Crippen LogP contribution in [0.3, 0.4) is 0 Å². The van der Waals surface area contributed by atoms with E-state index in [-0.39, 0.29) is 17.5 Å². The van der Waals surface area contributed by atoms with E-state index in [0.29, 0.717) is 42.0 Å². The number of nitrogens with one attached hydrogen (secondary N) is 1. The lowest BCUT2D eigenvalue weighted by molar-refractivity contribution is 0.0765. The van der Waals surface area contributed by atoms with Crippen molar-refractivity contribution in [3.05, 3.63) is 78.2 Å². The second-order valence-electron chi connectivity index (χ2n) is 6.88. The van der Waals surface area contributed by atoms with E-state index >= 15 is 0 Å². The van der Waals surface area contributed by atoms with Crippen molar-refractivity contribution in [2.45, 2.75) is 12.5 Å². The fourth-order valence-electron chi connectivity index (χ4n) is 3.25. The summed E-state index contributed by atoms with van der Waals surface area (Å²) in [6.07, 6.45) is 3.09. The normalized spacial score (nSPS) is 15.9. The van der Waals surface area contributed by atoms with E-state index in [1.807, 2.05) is 24.3 Å². The first kappa shape index (κ1) is 18.8. The molecule has 1 saturated heterocycles. The molecule has 0 aliphatic carbocycles. The number of β-amino-alcohol motifs (C(OH)–C–C–N with tert-alkyl or cyclic N) is 1. The Morgan fingerprint density at radius 3 is 2.66 bits per heavy atom. The molecule has 1 aliphatic rings. The zero-order valence-corrected chi connectivity index (χ0v) is 15.7. The van der Waals surface area contributed by atoms with Crippen LogP contribution in [0.5, 0.6) is 0 Å². The number of amides is 2. The number of hydrogen-bond acceptors (Lipinski definition) is 5. The molecule has 4 rings (SSSR count). The highest BCUT2D eigenvalue weighted by atomic mass is 16.3. The Balaban J connectivity index is 1.55. The molecule has 2 aromatic carbocycles. The fraction of sp³-hybridized carbons (Fsp3) is 0.182. The smallest absolute Gasteiger partial charge is 0.275 e. The number of carbonyl (C=O) groups excluding carboxylic acids is 2. The van der Waals surface area contributed by atoms with Gasteiger partial charge in [-0.3, -0.25) is 14.6 Å². The maximum Gasteiger partial charge on any atom is 0.275 e. The molecule has 146 valence electrons. The molecule has 1 atom stereocenters. The van der Waals surface area contributed by atoms with Crippen molar-refractivity contribution in [1.29, 1.82) is 0 Å². The van der Waals surface area contributed by atoms with Gasteiger partial charge in [0, 0.05) is 29.9 Å². The molecule has 1 unspecified atom stereocenters. The number of aromatic nitrogens is 2. The number of carbonyl (C=O) groups is 2. The minimum absolute atomic E-state index is 0.130. The Kier molecular flexibility index (Phi) is 5.31. The molecule has 2 amide bonds. The summed E-state index contributed by atoms with van der Waals surface area (Å²) in [7, 11) is 0. The lowest BCUT2D eigenvalue weighted by atomic mass is 10.1. The van der Waals surface area contributed by atoms with Crippen molar-refractivity contribution < 1.29 is 14.7 Å². The standard InChI is InChI=1S/C22H20N4O3/c27-18-9-10-26(14-18)22(29)16-6-4-5-15(11-16)19-12-23-13-20(25-19)21(28)24-17-7-2-1-3-8-17/h1-8,11-13,18,27H,9-10,14H2,(H,24,28). The third kappa shape index (κ3) is 4.30. The minimum atomic E-state index is -0.465. The van der Waals surface area contributed by atoms with Crippen molar-refractivity contribution in [3.63, 3.8) is 0 Å². The van der Waals surface area contributed by atoms with Gasteiger partial charge in [-0.1, -0.05) is 30.3 Å². The molecule has 1 fully saturated rings. The molecule has 0 spiro atoms. The van der Waals surface area contributed by atoms with Gasteiger partial charge in [-0.25, -0.2) is 4.98 Å². The van der Waals surface area contributed by atoms with E-state index < -0.39 is 6.10 Å². The van der Waals surface area contributed by atoms with Gasteiger partial charge in [-0.05, 0) is 30.7 Å². The average Bonchev–Trinajstić information content (AvgIpc) is 3.20. The molecule has 1 aliphatic heterocycles. The van der Waals surface area contributed by atoms with Crippen LogP contribution in [0.2, 0.25) is 0 Å². The third-order valence-corrected chi connectivity index (χ3v) is 4.75. The molecule has 7 heteroatoms. The van der Waals surface area contributed by atoms with E-state index in [0.717, 1.165) is 0 Å². The molecule has 2 N–H and O–H groups in total. The van der Waals surface area contributed by atoms with Crippen molar-refractivity contribution in [1.82, 2.24) is 14.9 Å². The largest absolute Gasteiger partial charge is 0.391 e. The predicted octanol–water partition coefficient (Wildman–Crippen LogP) is 2.60. The summed E-state index contributed by atoms with van der Waals surface area (Å²) in [5.41, 5.74) is 2.56. The molecule has 0 saturated carbocycles. The Hall–Kier alpha value is -3.58. The van der Waals surface area contributed by atoms with E-state index in [2.05, 4.69) is 15.3 Å². The third-order valence-electron chi connectivity index (χ3n) is 4.75. The Morgan fingerprint density at radius 2 is 1.90 bits per heavy atom. The Labute approximate surface area is 168 Å². The number of likely N-dealkylation sites (tertiary alicyclic amines) is 1. The van der Waals surface area contributed by atoms with Gasteiger partial charge in [0.1, 0.15) is 5.69 Å². The summed E-state index contributed by atoms with van der Waals surface area (Å²) in [4.78, 5) is 35.3. The fourth-order valence-corrected chi connectivity index (χ4v) is 3.25. The molecular formula is C22H20N4O3. The molecule has 0 bridgehead atoms. The molecule has 29 heavy (non-hydrogen) atoms. The van der Waals surface area contributed by atoms with Crippen molar-refractivity contribution in [2.24, 2.45) is 0 Å². The first-order valence-corrected chi connectivity index (χ1v) is 9.36. The van der Waals surface area contributed by atoms with Gasteiger partial charge >= 0.3 is 0 Å². The number of para-hydroxylation sites is 1. The van der Waals surface area contributed by atoms with Crippen LogP contribution in [0.4, 0.5) is 5.69 Å². The van der Waals surface area contributed by atoms with Gasteiger partial charge in [0.25, 0.3) is 11.8 Å². The second-order valence-corrected chi connectivity index (χ2v) is 6.88. The SMILES string of the molecule is O=C(Nc1ccccc1)c1cncc(-c2cccc(C(=O)N3CCC(O)C3)c2)n1. The number of rotatable bonds is 4. The summed E-state index contributed by atoms with van der Waals surface area (Å²) < 4.78 is 0. The highest BCUT2D eigenvalue weighted by molar-refractivity contribution is 6.03. The van der Waals surface area contributed by atoms with Crippen molar-refractivity contribution in [2.75, 3.05) is 18.4 Å². The molecular weight excluding hydrogens is 368 g/mol. The number of anilines is 1. The summed E-state index contributed by atoms with van der Waals surface area (Å²) in [6.45, 7) is 0.886. The van der Waals surface area contributed by atoms with Crippen molar-refractivity contribution >= 4 is 17.5 Å². The number of nitrogens with zero attached hydrogens (tertiary/aromatic N) is 3. The van der Waals surface area contributed by atoms with Gasteiger partial charge in [0.15, 0.2) is 0 Å². The zero-order valence-electron chi connectivity index (χ0n) is 15.7. The van der Waals surface area contributed by atoms with Crippen LogP contribution in [0, 0.1) is 0 Å². The quantitative estimate of drug-likeness (QED) is 0.716. The highest BCUT2D eigenvalue weighted by Gasteiger charge is 2.25. The first-order valence-electron chi connectivity index (χ1n) is 9.36. The van der Waals surface area contributed by atoms with Gasteiger partial charge in [0.05, 0.1) is 24.2 Å². The van der Waals surface area contributed by atoms with Gasteiger partial charge in [-0.2, -0.15) is 0 Å². The Bertz CT molecular complexity index is 1040. The summed E-state index contributed by atoms with van der Waals surface area (Å²) in [5.74, 6) is -0.488. The lowest BCUT2D eigenvalue weighted by Gasteiger charge is -2.16. The van der Waals surface area contributed by atoms with Crippen LogP contribution in [-0.2, 0) is 0 Å². The Morgan fingerprint density at radius 1 is 1.07 bits per heavy atom. The van der Waals surface area contributed by atoms with Gasteiger partial charge in [-0.15, -0.1) is 0 Å². The van der Waals surface area contributed by atoms with E-state index in [9.17, 15) is 14.7 Å². The number of aliphatic hydroxyl groups excluding tert-OH is 1. The van der Waals surface area contributed by atoms with Gasteiger partial charge < -0.3 is 15.3 Å². The maximum atomic E-state index is 12.7. The second kappa shape index (κ2) is 8.20. The van der Waals surface area contributed by atoms with E-state index in [1.54, 1.807) is 41.4 Å². The monoisotopic (exact) mass is 388 g/mol. The molecule has 3 aromatic rings. The van der Waals surface area contributed by atoms with E-state index in [1.165, 1.54) is 6.20 Å². The number of aliphatic hydroxyl groups is 1. The van der Waals surface area contributed by atoms with Crippen LogP contribution in [0.1, 0.15) is 27.3 Å². The molecule has 7 nitrogen and oxygen atoms in total. The van der Waals surface area contributed by atoms with Crippen LogP contribution in [0.25, 0.3) is 11.3 Å². The minimum Gasteiger partial charge on any atom is -0.391 e. The lowest BCUT2D eigenvalue weighted by Crippen LogP contribution is -2.29.